The maximum atomic E-state index is 2.43. The molecule has 0 nitrogen and oxygen atoms in total. The van der Waals surface area contributed by atoms with E-state index in [0.29, 0.717) is 0 Å². The number of hydrogen-bond donors (Lipinski definition) is 0. The van der Waals surface area contributed by atoms with E-state index in [4.69, 9.17) is 0 Å². The Balaban J connectivity index is 0.000000140. The van der Waals surface area contributed by atoms with Gasteiger partial charge in [-0.25, -0.2) is 0 Å². The van der Waals surface area contributed by atoms with Gasteiger partial charge in [0.05, 0.1) is 0 Å². The van der Waals surface area contributed by atoms with Crippen LogP contribution in [0.15, 0.2) is 285 Å². The lowest BCUT2D eigenvalue weighted by molar-refractivity contribution is 0.986. The van der Waals surface area contributed by atoms with Crippen molar-refractivity contribution in [2.45, 2.75) is 12.8 Å². The first kappa shape index (κ1) is 45.0. The number of allylic oxidation sites excluding steroid dienone is 1. The molecule has 0 spiro atoms. The molecule has 0 aliphatic heterocycles. The summed E-state index contributed by atoms with van der Waals surface area (Å²) in [5, 5.41) is 18.2. The molecule has 1 aliphatic carbocycles. The molecule has 0 fully saturated rings. The van der Waals surface area contributed by atoms with E-state index < -0.39 is 0 Å². The van der Waals surface area contributed by atoms with Crippen LogP contribution in [0.4, 0.5) is 0 Å². The zero-order chi connectivity index (χ0) is 50.4. The van der Waals surface area contributed by atoms with Crippen molar-refractivity contribution in [1.82, 2.24) is 0 Å². The monoisotopic (exact) mass is 964 g/mol. The predicted molar refractivity (Wildman–Crippen MR) is 329 cm³/mol. The lowest BCUT2D eigenvalue weighted by Gasteiger charge is -2.21. The minimum Gasteiger partial charge on any atom is -0.0836 e. The lowest BCUT2D eigenvalue weighted by atomic mass is 9.82. The van der Waals surface area contributed by atoms with Crippen molar-refractivity contribution in [1.29, 1.82) is 0 Å². The third-order valence-electron chi connectivity index (χ3n) is 15.8. The molecule has 0 atom stereocenters. The summed E-state index contributed by atoms with van der Waals surface area (Å²) in [6.07, 6.45) is 6.79. The first-order valence-corrected chi connectivity index (χ1v) is 26.6. The Hall–Kier alpha value is -9.62. The molecular weight excluding hydrogens is 913 g/mol. The quantitative estimate of drug-likeness (QED) is 0.119. The number of hydrogen-bond acceptors (Lipinski definition) is 0. The third-order valence-corrected chi connectivity index (χ3v) is 15.8. The maximum absolute atomic E-state index is 2.43. The molecule has 0 bridgehead atoms. The van der Waals surface area contributed by atoms with Gasteiger partial charge in [-0.15, -0.1) is 0 Å². The molecule has 15 rings (SSSR count). The lowest BCUT2D eigenvalue weighted by Crippen LogP contribution is -1.96. The van der Waals surface area contributed by atoms with Gasteiger partial charge in [-0.2, -0.15) is 0 Å². The van der Waals surface area contributed by atoms with Crippen LogP contribution >= 0.6 is 0 Å². The Bertz CT molecular complexity index is 4550. The Labute approximate surface area is 443 Å². The van der Waals surface area contributed by atoms with Crippen molar-refractivity contribution in [3.63, 3.8) is 0 Å². The molecule has 14 aromatic carbocycles. The topological polar surface area (TPSA) is 0 Å². The van der Waals surface area contributed by atoms with Crippen molar-refractivity contribution >= 4 is 81.5 Å². The molecule has 356 valence electrons. The van der Waals surface area contributed by atoms with Crippen LogP contribution in [0.1, 0.15) is 17.5 Å². The smallest absolute Gasteiger partial charge is 0.00199 e. The largest absolute Gasteiger partial charge is 0.0836 e. The van der Waals surface area contributed by atoms with Gasteiger partial charge in [-0.05, 0) is 161 Å². The van der Waals surface area contributed by atoms with Gasteiger partial charge in [0, 0.05) is 0 Å². The molecule has 0 heteroatoms. The average molecular weight is 965 g/mol. The van der Waals surface area contributed by atoms with E-state index in [1.807, 2.05) is 0 Å². The Kier molecular flexibility index (Phi) is 11.5. The third kappa shape index (κ3) is 7.95. The summed E-state index contributed by atoms with van der Waals surface area (Å²) in [5.41, 5.74) is 15.4. The maximum Gasteiger partial charge on any atom is -0.00199 e. The van der Waals surface area contributed by atoms with Crippen molar-refractivity contribution in [3.05, 3.63) is 296 Å². The Morgan fingerprint density at radius 3 is 1.34 bits per heavy atom. The summed E-state index contributed by atoms with van der Waals surface area (Å²) >= 11 is 0. The van der Waals surface area contributed by atoms with E-state index in [2.05, 4.69) is 291 Å². The SMILES string of the molecule is C1=Cc2ccc(-c3c4ccccc4c(-c4cc5cccc6ccc7cccc4c7c65)c4ccccc34)cc2CC1.c1ccc(-c2ccccccc(-c3ccc(-c4cccc5ccccc45)cc3)c3ccccc23)cc1. The van der Waals surface area contributed by atoms with Gasteiger partial charge in [0.25, 0.3) is 0 Å². The molecule has 0 aromatic heterocycles. The molecular formula is C76H52. The fourth-order valence-corrected chi connectivity index (χ4v) is 12.3. The minimum atomic E-state index is 1.11. The first-order chi connectivity index (χ1) is 37.7. The summed E-state index contributed by atoms with van der Waals surface area (Å²) in [7, 11) is 0. The predicted octanol–water partition coefficient (Wildman–Crippen LogP) is 21.3. The van der Waals surface area contributed by atoms with Crippen molar-refractivity contribution < 1.29 is 0 Å². The van der Waals surface area contributed by atoms with Gasteiger partial charge >= 0.3 is 0 Å². The highest BCUT2D eigenvalue weighted by atomic mass is 14.2. The highest BCUT2D eigenvalue weighted by Gasteiger charge is 2.21. The normalized spacial score (nSPS) is 12.1. The zero-order valence-corrected chi connectivity index (χ0v) is 42.1. The van der Waals surface area contributed by atoms with Gasteiger partial charge in [-0.1, -0.05) is 285 Å². The minimum absolute atomic E-state index is 1.11. The van der Waals surface area contributed by atoms with E-state index >= 15 is 0 Å². The van der Waals surface area contributed by atoms with Crippen LogP contribution in [0.5, 0.6) is 0 Å². The van der Waals surface area contributed by atoms with Crippen LogP contribution in [0.25, 0.3) is 137 Å². The molecule has 14 aromatic rings. The number of aryl methyl sites for hydroxylation is 1. The highest BCUT2D eigenvalue weighted by molar-refractivity contribution is 6.30. The summed E-state index contributed by atoms with van der Waals surface area (Å²) in [4.78, 5) is 0. The van der Waals surface area contributed by atoms with Crippen molar-refractivity contribution in [3.8, 4) is 55.6 Å². The van der Waals surface area contributed by atoms with Gasteiger partial charge in [-0.3, -0.25) is 0 Å². The molecule has 0 amide bonds. The average Bonchev–Trinajstić information content (AvgIpc) is 3.60. The zero-order valence-electron chi connectivity index (χ0n) is 42.1. The molecule has 0 N–H and O–H groups in total. The van der Waals surface area contributed by atoms with Crippen molar-refractivity contribution in [2.75, 3.05) is 0 Å². The fourth-order valence-electron chi connectivity index (χ4n) is 12.3. The fraction of sp³-hybridized carbons (Fsp3) is 0.0263. The molecule has 0 unspecified atom stereocenters. The van der Waals surface area contributed by atoms with E-state index in [1.165, 1.54) is 142 Å². The molecule has 0 saturated heterocycles. The Morgan fingerprint density at radius 1 is 0.237 bits per heavy atom. The van der Waals surface area contributed by atoms with Crippen LogP contribution in [0.3, 0.4) is 0 Å². The molecule has 1 aliphatic rings. The van der Waals surface area contributed by atoms with E-state index in [1.54, 1.807) is 0 Å². The second-order valence-electron chi connectivity index (χ2n) is 20.1. The van der Waals surface area contributed by atoms with Crippen LogP contribution < -0.4 is 0 Å². The van der Waals surface area contributed by atoms with Crippen LogP contribution in [-0.4, -0.2) is 0 Å². The summed E-state index contributed by atoms with van der Waals surface area (Å²) in [5.74, 6) is 0. The van der Waals surface area contributed by atoms with Crippen LogP contribution in [0.2, 0.25) is 0 Å². The second kappa shape index (κ2) is 19.3. The Morgan fingerprint density at radius 2 is 0.671 bits per heavy atom. The molecule has 0 saturated carbocycles. The van der Waals surface area contributed by atoms with Crippen LogP contribution in [-0.2, 0) is 6.42 Å². The molecule has 76 heavy (non-hydrogen) atoms. The van der Waals surface area contributed by atoms with Gasteiger partial charge in [0.15, 0.2) is 0 Å². The molecule has 0 heterocycles. The first-order valence-electron chi connectivity index (χ1n) is 26.6. The second-order valence-corrected chi connectivity index (χ2v) is 20.1. The molecule has 0 radical (unpaired) electrons. The summed E-state index contributed by atoms with van der Waals surface area (Å²) in [6, 6.07) is 102. The summed E-state index contributed by atoms with van der Waals surface area (Å²) in [6.45, 7) is 0. The van der Waals surface area contributed by atoms with E-state index in [-0.39, 0.29) is 0 Å². The number of fused-ring (bicyclic) bond motifs is 5. The van der Waals surface area contributed by atoms with E-state index in [9.17, 15) is 0 Å². The number of rotatable bonds is 5. The van der Waals surface area contributed by atoms with Gasteiger partial charge in [0.2, 0.25) is 0 Å². The van der Waals surface area contributed by atoms with E-state index in [0.717, 1.165) is 12.8 Å². The number of benzene rings is 13. The van der Waals surface area contributed by atoms with Crippen molar-refractivity contribution in [2.24, 2.45) is 0 Å². The summed E-state index contributed by atoms with van der Waals surface area (Å²) < 4.78 is 0. The van der Waals surface area contributed by atoms with Gasteiger partial charge in [0.1, 0.15) is 0 Å². The van der Waals surface area contributed by atoms with Gasteiger partial charge < -0.3 is 0 Å². The standard InChI is InChI=1S/C40H26.C36H26/c1-2-10-28-23-30(22-19-25(28)9-1)38-31-14-3-5-16-33(31)40(34-17-6-4-15-32(34)38)36-24-29-13-7-11-26-20-21-27-12-8-18-35(36)39(27)37(26)29;1-2-7-18-34(36-21-11-10-20-35(36)33(17-6-1)27-13-4-3-5-14-27)30-25-23-29(24-26-30)32-22-12-16-28-15-8-9-19-31(28)32/h1,3-9,11-24H,2,10H2;1-26H. The van der Waals surface area contributed by atoms with Crippen LogP contribution in [0, 0.1) is 0 Å². The highest BCUT2D eigenvalue weighted by Crippen LogP contribution is 2.48.